The molecule has 0 radical (unpaired) electrons. The van der Waals surface area contributed by atoms with Gasteiger partial charge in [-0.25, -0.2) is 4.98 Å². The molecule has 1 aromatic heterocycles. The van der Waals surface area contributed by atoms with Crippen molar-refractivity contribution in [2.24, 2.45) is 17.6 Å². The van der Waals surface area contributed by atoms with Gasteiger partial charge in [0.25, 0.3) is 5.91 Å². The Morgan fingerprint density at radius 3 is 2.59 bits per heavy atom. The molecule has 5 rings (SSSR count). The molecule has 0 spiro atoms. The summed E-state index contributed by atoms with van der Waals surface area (Å²) in [7, 11) is 0. The molecule has 2 N–H and O–H groups in total. The lowest BCUT2D eigenvalue weighted by Crippen LogP contribution is -2.50. The molecule has 0 aromatic carbocycles. The number of nitrogens with two attached hydrogens (primary N) is 1. The minimum absolute atomic E-state index is 0.0118. The maximum absolute atomic E-state index is 12.1. The number of hydrogen-bond donors (Lipinski definition) is 1. The van der Waals surface area contributed by atoms with Crippen LogP contribution in [0.4, 0.5) is 5.82 Å². The number of ether oxygens (including phenoxy) is 2. The van der Waals surface area contributed by atoms with E-state index in [9.17, 15) is 9.59 Å². The Morgan fingerprint density at radius 1 is 1.16 bits per heavy atom. The number of aromatic nitrogens is 1. The Labute approximate surface area is 189 Å². The molecule has 8 nitrogen and oxygen atoms in total. The zero-order chi connectivity index (χ0) is 22.1. The van der Waals surface area contributed by atoms with E-state index < -0.39 is 11.5 Å². The van der Waals surface area contributed by atoms with E-state index in [0.717, 1.165) is 89.4 Å². The second-order valence-corrected chi connectivity index (χ2v) is 9.82. The number of pyridine rings is 1. The maximum Gasteiger partial charge on any atom is 0.309 e. The second-order valence-electron chi connectivity index (χ2n) is 9.82. The van der Waals surface area contributed by atoms with Gasteiger partial charge in [0.1, 0.15) is 11.6 Å². The number of esters is 1. The number of primary amides is 1. The molecule has 3 fully saturated rings. The highest BCUT2D eigenvalue weighted by Gasteiger charge is 2.46. The molecule has 1 saturated heterocycles. The lowest BCUT2D eigenvalue weighted by atomic mass is 9.77. The number of carbonyl (C=O) groups excluding carboxylic acids is 2. The highest BCUT2D eigenvalue weighted by molar-refractivity contribution is 5.87. The van der Waals surface area contributed by atoms with Crippen LogP contribution in [-0.4, -0.2) is 66.7 Å². The van der Waals surface area contributed by atoms with Crippen molar-refractivity contribution in [3.05, 3.63) is 17.8 Å². The molecule has 8 heteroatoms. The predicted octanol–water partition coefficient (Wildman–Crippen LogP) is 1.90. The molecule has 174 valence electrons. The SMILES string of the molecule is NC(=O)C1(OC(=O)C2CC2)CCC(CCN2CCN(c3nccc4c3CCO4)CC2)CC1. The van der Waals surface area contributed by atoms with Gasteiger partial charge >= 0.3 is 5.97 Å². The van der Waals surface area contributed by atoms with Gasteiger partial charge in [-0.3, -0.25) is 14.5 Å². The summed E-state index contributed by atoms with van der Waals surface area (Å²) in [6, 6.07) is 1.96. The van der Waals surface area contributed by atoms with Crippen molar-refractivity contribution in [2.45, 2.75) is 57.0 Å². The second kappa shape index (κ2) is 8.89. The van der Waals surface area contributed by atoms with E-state index in [1.807, 2.05) is 12.3 Å². The van der Waals surface area contributed by atoms with E-state index in [0.29, 0.717) is 18.8 Å². The Balaban J connectivity index is 1.07. The smallest absolute Gasteiger partial charge is 0.309 e. The topological polar surface area (TPSA) is 98.0 Å². The van der Waals surface area contributed by atoms with Crippen LogP contribution in [0.15, 0.2) is 12.3 Å². The molecule has 0 unspecified atom stereocenters. The Hall–Kier alpha value is -2.35. The first-order chi connectivity index (χ1) is 15.5. The molecule has 1 aromatic rings. The number of hydrogen-bond acceptors (Lipinski definition) is 7. The third kappa shape index (κ3) is 4.42. The molecule has 32 heavy (non-hydrogen) atoms. The Kier molecular flexibility index (Phi) is 5.97. The molecular formula is C24H34N4O4. The summed E-state index contributed by atoms with van der Waals surface area (Å²) < 4.78 is 11.3. The molecule has 2 aliphatic heterocycles. The Morgan fingerprint density at radius 2 is 1.91 bits per heavy atom. The van der Waals surface area contributed by atoms with Crippen molar-refractivity contribution < 1.29 is 19.1 Å². The molecule has 0 atom stereocenters. The highest BCUT2D eigenvalue weighted by Crippen LogP contribution is 2.39. The average molecular weight is 443 g/mol. The Bertz CT molecular complexity index is 856. The summed E-state index contributed by atoms with van der Waals surface area (Å²) in [6.07, 6.45) is 8.56. The van der Waals surface area contributed by atoms with Crippen molar-refractivity contribution >= 4 is 17.7 Å². The summed E-state index contributed by atoms with van der Waals surface area (Å²) in [4.78, 5) is 33.8. The van der Waals surface area contributed by atoms with Gasteiger partial charge in [-0.05, 0) is 63.5 Å². The average Bonchev–Trinajstić information content (AvgIpc) is 3.56. The number of anilines is 1. The number of fused-ring (bicyclic) bond motifs is 1. The number of piperazine rings is 1. The first-order valence-corrected chi connectivity index (χ1v) is 12.1. The van der Waals surface area contributed by atoms with Crippen molar-refractivity contribution in [1.82, 2.24) is 9.88 Å². The molecule has 2 saturated carbocycles. The fourth-order valence-corrected chi connectivity index (χ4v) is 5.34. The standard InChI is InChI=1S/C24H34N4O4/c25-23(30)24(32-22(29)18-1-2-18)8-3-17(4-9-24)6-11-27-12-14-28(15-13-27)21-19-7-16-31-20(19)5-10-26-21/h5,10,17-18H,1-4,6-9,11-16H2,(H2,25,30). The van der Waals surface area contributed by atoms with E-state index in [1.54, 1.807) is 0 Å². The van der Waals surface area contributed by atoms with Crippen LogP contribution in [0, 0.1) is 11.8 Å². The summed E-state index contributed by atoms with van der Waals surface area (Å²) in [5.74, 6) is 1.91. The van der Waals surface area contributed by atoms with Crippen LogP contribution in [0.2, 0.25) is 0 Å². The van der Waals surface area contributed by atoms with Crippen LogP contribution in [0.5, 0.6) is 5.75 Å². The minimum Gasteiger partial charge on any atom is -0.493 e. The quantitative estimate of drug-likeness (QED) is 0.644. The third-order valence-electron chi connectivity index (χ3n) is 7.69. The van der Waals surface area contributed by atoms with Crippen LogP contribution < -0.4 is 15.4 Å². The van der Waals surface area contributed by atoms with Gasteiger partial charge in [-0.2, -0.15) is 0 Å². The van der Waals surface area contributed by atoms with Gasteiger partial charge in [0, 0.05) is 44.4 Å². The van der Waals surface area contributed by atoms with Gasteiger partial charge in [0.2, 0.25) is 0 Å². The summed E-state index contributed by atoms with van der Waals surface area (Å²) in [5.41, 5.74) is 5.84. The van der Waals surface area contributed by atoms with Crippen LogP contribution in [0.25, 0.3) is 0 Å². The van der Waals surface area contributed by atoms with Gasteiger partial charge in [-0.15, -0.1) is 0 Å². The monoisotopic (exact) mass is 442 g/mol. The first-order valence-electron chi connectivity index (χ1n) is 12.1. The van der Waals surface area contributed by atoms with E-state index in [1.165, 1.54) is 5.56 Å². The fourth-order valence-electron chi connectivity index (χ4n) is 5.34. The number of carbonyl (C=O) groups is 2. The molecule has 1 amide bonds. The maximum atomic E-state index is 12.1. The minimum atomic E-state index is -1.07. The molecular weight excluding hydrogens is 408 g/mol. The third-order valence-corrected chi connectivity index (χ3v) is 7.69. The first kappa shape index (κ1) is 21.5. The number of rotatable bonds is 7. The van der Waals surface area contributed by atoms with Crippen LogP contribution in [0.1, 0.15) is 50.5 Å². The number of amides is 1. The normalized spacial score (nSPS) is 28.1. The summed E-state index contributed by atoms with van der Waals surface area (Å²) in [5, 5.41) is 0. The molecule has 3 heterocycles. The fraction of sp³-hybridized carbons (Fsp3) is 0.708. The summed E-state index contributed by atoms with van der Waals surface area (Å²) in [6.45, 7) is 5.85. The van der Waals surface area contributed by atoms with E-state index in [-0.39, 0.29) is 11.9 Å². The molecule has 4 aliphatic rings. The molecule has 0 bridgehead atoms. The zero-order valence-corrected chi connectivity index (χ0v) is 18.8. The van der Waals surface area contributed by atoms with Gasteiger partial charge in [0.05, 0.1) is 12.5 Å². The van der Waals surface area contributed by atoms with E-state index in [4.69, 9.17) is 15.2 Å². The van der Waals surface area contributed by atoms with Gasteiger partial charge < -0.3 is 20.1 Å². The van der Waals surface area contributed by atoms with Crippen LogP contribution in [0.3, 0.4) is 0 Å². The van der Waals surface area contributed by atoms with Crippen LogP contribution >= 0.6 is 0 Å². The molecule has 2 aliphatic carbocycles. The van der Waals surface area contributed by atoms with E-state index >= 15 is 0 Å². The van der Waals surface area contributed by atoms with E-state index in [2.05, 4.69) is 14.8 Å². The summed E-state index contributed by atoms with van der Waals surface area (Å²) >= 11 is 0. The zero-order valence-electron chi connectivity index (χ0n) is 18.8. The van der Waals surface area contributed by atoms with Crippen molar-refractivity contribution in [1.29, 1.82) is 0 Å². The van der Waals surface area contributed by atoms with Crippen molar-refractivity contribution in [2.75, 3.05) is 44.2 Å². The highest BCUT2D eigenvalue weighted by atomic mass is 16.6. The lowest BCUT2D eigenvalue weighted by Gasteiger charge is -2.39. The van der Waals surface area contributed by atoms with Gasteiger partial charge in [0.15, 0.2) is 5.60 Å². The predicted molar refractivity (Wildman–Crippen MR) is 119 cm³/mol. The number of nitrogens with zero attached hydrogens (tertiary/aromatic N) is 3. The van der Waals surface area contributed by atoms with Crippen LogP contribution in [-0.2, 0) is 20.7 Å². The largest absolute Gasteiger partial charge is 0.493 e. The van der Waals surface area contributed by atoms with Crippen molar-refractivity contribution in [3.8, 4) is 5.75 Å². The van der Waals surface area contributed by atoms with Crippen molar-refractivity contribution in [3.63, 3.8) is 0 Å². The van der Waals surface area contributed by atoms with Gasteiger partial charge in [-0.1, -0.05) is 0 Å². The lowest BCUT2D eigenvalue weighted by molar-refractivity contribution is -0.173.